The van der Waals surface area contributed by atoms with Crippen LogP contribution in [0.3, 0.4) is 0 Å². The van der Waals surface area contributed by atoms with Crippen LogP contribution in [0.4, 0.5) is 17.1 Å². The van der Waals surface area contributed by atoms with Gasteiger partial charge in [0.1, 0.15) is 0 Å². The summed E-state index contributed by atoms with van der Waals surface area (Å²) in [5.41, 5.74) is 1.15. The van der Waals surface area contributed by atoms with Gasteiger partial charge in [-0.25, -0.2) is 0 Å². The molecule has 0 amide bonds. The molecule has 0 unspecified atom stereocenters. The van der Waals surface area contributed by atoms with Gasteiger partial charge in [-0.3, -0.25) is 0 Å². The van der Waals surface area contributed by atoms with Gasteiger partial charge in [0.05, 0.1) is 16.4 Å². The van der Waals surface area contributed by atoms with Crippen molar-refractivity contribution in [3.05, 3.63) is 224 Å². The number of anilines is 3. The second-order valence-corrected chi connectivity index (χ2v) is 13.2. The minimum Gasteiger partial charge on any atom is -0.310 e. The lowest BCUT2D eigenvalue weighted by Gasteiger charge is -2.26. The Hall–Kier alpha value is -7.22. The molecule has 0 radical (unpaired) electrons. The number of hydrogen-bond acceptors (Lipinski definition) is 1. The molecule has 55 heavy (non-hydrogen) atoms. The molecule has 1 nitrogen and oxygen atoms in total. The van der Waals surface area contributed by atoms with E-state index in [2.05, 4.69) is 0 Å². The van der Waals surface area contributed by atoms with Crippen LogP contribution in [0.2, 0.25) is 0 Å². The van der Waals surface area contributed by atoms with Crippen LogP contribution in [-0.2, 0) is 0 Å². The van der Waals surface area contributed by atoms with Crippen LogP contribution in [0.25, 0.3) is 76.8 Å². The lowest BCUT2D eigenvalue weighted by atomic mass is 9.93. The normalized spacial score (nSPS) is 14.3. The van der Waals surface area contributed by atoms with Crippen molar-refractivity contribution < 1.29 is 16.4 Å². The molecule has 0 heterocycles. The molecule has 0 N–H and O–H groups in total. The Balaban J connectivity index is 1.28. The maximum Gasteiger partial charge on any atom is 0.0651 e. The highest BCUT2D eigenvalue weighted by Gasteiger charge is 2.16. The summed E-state index contributed by atoms with van der Waals surface area (Å²) in [5, 5.41) is 4.62. The standard InChI is InChI=1S/C54H37N/c1-2-12-38(13-3-1)39-24-26-40(27-25-39)41-28-32-46(33-29-41)55(48-18-10-17-44(36-48)50-23-11-16-42-14-4-6-19-49(42)50)47-34-30-43(31-35-47)54-37-45-15-5-7-20-51(45)52-21-8-9-22-53(52)54/h1-37H/i10D,17D,18D,28D,29D,30D,31D,32D,33D,34D,35D,36D. The molecular formula is C54H37N. The molecule has 258 valence electrons. The Morgan fingerprint density at radius 3 is 1.58 bits per heavy atom. The number of hydrogen-bond donors (Lipinski definition) is 0. The van der Waals surface area contributed by atoms with Crippen molar-refractivity contribution in [3.63, 3.8) is 0 Å². The van der Waals surface area contributed by atoms with Gasteiger partial charge in [0, 0.05) is 17.1 Å². The van der Waals surface area contributed by atoms with E-state index in [1.807, 2.05) is 115 Å². The van der Waals surface area contributed by atoms with Crippen LogP contribution >= 0.6 is 0 Å². The van der Waals surface area contributed by atoms with E-state index in [1.54, 1.807) is 36.4 Å². The summed E-state index contributed by atoms with van der Waals surface area (Å²) in [5.74, 6) is 0. The average molecular weight is 712 g/mol. The maximum atomic E-state index is 9.88. The predicted octanol–water partition coefficient (Wildman–Crippen LogP) is 15.3. The van der Waals surface area contributed by atoms with Crippen LogP contribution in [0.5, 0.6) is 0 Å². The molecule has 0 spiro atoms. The van der Waals surface area contributed by atoms with Gasteiger partial charge in [-0.2, -0.15) is 0 Å². The van der Waals surface area contributed by atoms with Crippen molar-refractivity contribution in [2.75, 3.05) is 4.90 Å². The van der Waals surface area contributed by atoms with Crippen LogP contribution in [-0.4, -0.2) is 0 Å². The largest absolute Gasteiger partial charge is 0.310 e. The van der Waals surface area contributed by atoms with Gasteiger partial charge in [-0.05, 0) is 119 Å². The smallest absolute Gasteiger partial charge is 0.0651 e. The van der Waals surface area contributed by atoms with E-state index in [4.69, 9.17) is 1.37 Å². The Bertz CT molecular complexity index is 3600. The van der Waals surface area contributed by atoms with Crippen LogP contribution < -0.4 is 4.90 Å². The Kier molecular flexibility index (Phi) is 5.61. The molecule has 1 heteroatoms. The monoisotopic (exact) mass is 711 g/mol. The third kappa shape index (κ3) is 6.12. The molecule has 10 aromatic carbocycles. The van der Waals surface area contributed by atoms with Gasteiger partial charge < -0.3 is 4.90 Å². The van der Waals surface area contributed by atoms with Crippen molar-refractivity contribution in [3.8, 4) is 44.5 Å². The van der Waals surface area contributed by atoms with Crippen molar-refractivity contribution in [1.29, 1.82) is 0 Å². The molecule has 0 aliphatic rings. The average Bonchev–Trinajstić information content (AvgIpc) is 3.35. The summed E-state index contributed by atoms with van der Waals surface area (Å²) in [6.45, 7) is 0. The quantitative estimate of drug-likeness (QED) is 0.149. The zero-order valence-electron chi connectivity index (χ0n) is 41.4. The van der Waals surface area contributed by atoms with Gasteiger partial charge in [0.25, 0.3) is 0 Å². The van der Waals surface area contributed by atoms with Crippen molar-refractivity contribution in [2.24, 2.45) is 0 Å². The first-order valence-electron chi connectivity index (χ1n) is 24.0. The lowest BCUT2D eigenvalue weighted by molar-refractivity contribution is 1.28. The topological polar surface area (TPSA) is 3.24 Å². The minimum atomic E-state index is -0.724. The molecule has 0 saturated heterocycles. The highest BCUT2D eigenvalue weighted by atomic mass is 15.1. The third-order valence-electron chi connectivity index (χ3n) is 9.88. The first-order chi connectivity index (χ1) is 32.3. The van der Waals surface area contributed by atoms with Crippen LogP contribution in [0, 0.1) is 0 Å². The highest BCUT2D eigenvalue weighted by molar-refractivity contribution is 6.13. The minimum absolute atomic E-state index is 0.0363. The number of nitrogens with zero attached hydrogens (tertiary/aromatic N) is 1. The molecule has 0 bridgehead atoms. The molecule has 0 aliphatic carbocycles. The number of rotatable bonds is 7. The third-order valence-corrected chi connectivity index (χ3v) is 9.88. The predicted molar refractivity (Wildman–Crippen MR) is 235 cm³/mol. The van der Waals surface area contributed by atoms with Gasteiger partial charge in [-0.1, -0.05) is 182 Å². The van der Waals surface area contributed by atoms with Crippen LogP contribution in [0.15, 0.2) is 224 Å². The van der Waals surface area contributed by atoms with Gasteiger partial charge in [0.2, 0.25) is 0 Å². The molecule has 0 aromatic heterocycles. The van der Waals surface area contributed by atoms with E-state index in [1.165, 1.54) is 0 Å². The van der Waals surface area contributed by atoms with Crippen molar-refractivity contribution in [1.82, 2.24) is 0 Å². The Labute approximate surface area is 338 Å². The summed E-state index contributed by atoms with van der Waals surface area (Å²) >= 11 is 0. The van der Waals surface area contributed by atoms with E-state index in [-0.39, 0.29) is 16.7 Å². The van der Waals surface area contributed by atoms with Gasteiger partial charge >= 0.3 is 0 Å². The maximum absolute atomic E-state index is 9.88. The fourth-order valence-corrected chi connectivity index (χ4v) is 7.19. The highest BCUT2D eigenvalue weighted by Crippen LogP contribution is 2.41. The zero-order chi connectivity index (χ0) is 47.0. The molecule has 0 atom stereocenters. The zero-order valence-corrected chi connectivity index (χ0v) is 29.4. The Morgan fingerprint density at radius 2 is 0.855 bits per heavy atom. The first kappa shape index (κ1) is 22.1. The number of benzene rings is 10. The summed E-state index contributed by atoms with van der Waals surface area (Å²) in [4.78, 5) is 0.906. The van der Waals surface area contributed by atoms with Crippen molar-refractivity contribution >= 4 is 49.4 Å². The molecule has 10 rings (SSSR count). The van der Waals surface area contributed by atoms with Gasteiger partial charge in [-0.15, -0.1) is 0 Å². The number of fused-ring (bicyclic) bond motifs is 4. The van der Waals surface area contributed by atoms with E-state index in [0.717, 1.165) is 37.6 Å². The SMILES string of the molecule is [2H]c1c([2H])c(-c2cccc3ccccc23)c([2H])c(N(c2c([2H])c([2H])c(-c3ccc(-c4ccccc4)cc3)c([2H])c2[2H])c2c([2H])c([2H])c(-c3cc4ccccc4c4ccccc34)c([2H])c2[2H])c1[2H]. The van der Waals surface area contributed by atoms with Gasteiger partial charge in [0.15, 0.2) is 0 Å². The molecule has 10 aromatic rings. The molecular weight excluding hydrogens is 663 g/mol. The fourth-order valence-electron chi connectivity index (χ4n) is 7.19. The Morgan fingerprint density at radius 1 is 0.309 bits per heavy atom. The second kappa shape index (κ2) is 14.0. The molecule has 0 aliphatic heterocycles. The first-order valence-corrected chi connectivity index (χ1v) is 18.0. The summed E-state index contributed by atoms with van der Waals surface area (Å²) in [6.07, 6.45) is 0. The van der Waals surface area contributed by atoms with Crippen molar-refractivity contribution in [2.45, 2.75) is 0 Å². The van der Waals surface area contributed by atoms with E-state index < -0.39 is 89.6 Å². The fraction of sp³-hybridized carbons (Fsp3) is 0. The molecule has 0 fully saturated rings. The van der Waals surface area contributed by atoms with E-state index in [0.29, 0.717) is 27.5 Å². The summed E-state index contributed by atoms with van der Waals surface area (Å²) in [7, 11) is 0. The van der Waals surface area contributed by atoms with Crippen LogP contribution in [0.1, 0.15) is 16.4 Å². The van der Waals surface area contributed by atoms with E-state index >= 15 is 0 Å². The van der Waals surface area contributed by atoms with E-state index in [9.17, 15) is 15.1 Å². The lowest BCUT2D eigenvalue weighted by Crippen LogP contribution is -2.10. The molecule has 0 saturated carbocycles. The second-order valence-electron chi connectivity index (χ2n) is 13.2. The summed E-state index contributed by atoms with van der Waals surface area (Å²) in [6, 6.07) is 39.1. The summed E-state index contributed by atoms with van der Waals surface area (Å²) < 4.78 is 115.